The fraction of sp³-hybridized carbons (Fsp3) is 0.389. The summed E-state index contributed by atoms with van der Waals surface area (Å²) in [6, 6.07) is 10.0. The van der Waals surface area contributed by atoms with Gasteiger partial charge in [-0.25, -0.2) is 4.79 Å². The molecule has 112 valence electrons. The maximum absolute atomic E-state index is 12.2. The van der Waals surface area contributed by atoms with E-state index in [0.717, 1.165) is 29.4 Å². The van der Waals surface area contributed by atoms with Gasteiger partial charge in [0.05, 0.1) is 12.2 Å². The van der Waals surface area contributed by atoms with Crippen LogP contribution in [0.3, 0.4) is 0 Å². The lowest BCUT2D eigenvalue weighted by Gasteiger charge is -2.26. The van der Waals surface area contributed by atoms with Crippen LogP contribution in [0.25, 0.3) is 10.8 Å². The molecule has 0 aromatic heterocycles. The number of esters is 1. The number of carbonyl (C=O) groups excluding carboxylic acids is 1. The van der Waals surface area contributed by atoms with Gasteiger partial charge < -0.3 is 9.64 Å². The molecule has 2 rings (SSSR count). The van der Waals surface area contributed by atoms with Crippen LogP contribution in [0.15, 0.2) is 30.3 Å². The number of nitrogens with zero attached hydrogens (tertiary/aromatic N) is 1. The van der Waals surface area contributed by atoms with E-state index in [1.54, 1.807) is 0 Å². The van der Waals surface area contributed by atoms with Crippen molar-refractivity contribution in [3.63, 3.8) is 0 Å². The van der Waals surface area contributed by atoms with E-state index in [1.807, 2.05) is 31.2 Å². The molecule has 21 heavy (non-hydrogen) atoms. The van der Waals surface area contributed by atoms with Crippen LogP contribution in [0, 0.1) is 6.92 Å². The Labute approximate surface area is 126 Å². The summed E-state index contributed by atoms with van der Waals surface area (Å²) in [7, 11) is 0. The van der Waals surface area contributed by atoms with Gasteiger partial charge in [-0.3, -0.25) is 0 Å². The lowest BCUT2D eigenvalue weighted by atomic mass is 9.98. The van der Waals surface area contributed by atoms with Gasteiger partial charge in [-0.15, -0.1) is 0 Å². The lowest BCUT2D eigenvalue weighted by Crippen LogP contribution is -2.23. The average Bonchev–Trinajstić information content (AvgIpc) is 2.50. The van der Waals surface area contributed by atoms with Crippen molar-refractivity contribution in [1.29, 1.82) is 0 Å². The molecule has 3 heteroatoms. The van der Waals surface area contributed by atoms with Crippen molar-refractivity contribution in [3.05, 3.63) is 41.5 Å². The van der Waals surface area contributed by atoms with Crippen LogP contribution in [-0.4, -0.2) is 25.7 Å². The minimum atomic E-state index is -0.247. The summed E-state index contributed by atoms with van der Waals surface area (Å²) in [5, 5.41) is 2.08. The number of hydrogen-bond acceptors (Lipinski definition) is 3. The number of ether oxygens (including phenoxy) is 1. The molecular formula is C18H23NO2. The van der Waals surface area contributed by atoms with E-state index in [1.165, 1.54) is 5.69 Å². The molecule has 0 aliphatic rings. The zero-order valence-corrected chi connectivity index (χ0v) is 13.3. The minimum Gasteiger partial charge on any atom is -0.462 e. The van der Waals surface area contributed by atoms with Crippen molar-refractivity contribution in [2.45, 2.75) is 27.7 Å². The molecule has 0 aliphatic heterocycles. The van der Waals surface area contributed by atoms with Gasteiger partial charge in [-0.2, -0.15) is 0 Å². The third-order valence-corrected chi connectivity index (χ3v) is 3.78. The first-order valence-electron chi connectivity index (χ1n) is 7.58. The highest BCUT2D eigenvalue weighted by atomic mass is 16.5. The van der Waals surface area contributed by atoms with Gasteiger partial charge >= 0.3 is 5.97 Å². The zero-order valence-electron chi connectivity index (χ0n) is 13.3. The molecule has 0 saturated heterocycles. The number of rotatable bonds is 5. The summed E-state index contributed by atoms with van der Waals surface area (Å²) in [6.45, 7) is 10.5. The van der Waals surface area contributed by atoms with Crippen molar-refractivity contribution in [1.82, 2.24) is 0 Å². The second-order valence-corrected chi connectivity index (χ2v) is 5.03. The Morgan fingerprint density at radius 2 is 1.71 bits per heavy atom. The van der Waals surface area contributed by atoms with E-state index in [0.29, 0.717) is 12.2 Å². The summed E-state index contributed by atoms with van der Waals surface area (Å²) < 4.78 is 5.19. The van der Waals surface area contributed by atoms with E-state index in [2.05, 4.69) is 31.7 Å². The molecule has 0 amide bonds. The van der Waals surface area contributed by atoms with Crippen molar-refractivity contribution in [3.8, 4) is 0 Å². The van der Waals surface area contributed by atoms with Crippen molar-refractivity contribution < 1.29 is 9.53 Å². The highest BCUT2D eigenvalue weighted by Crippen LogP contribution is 2.33. The topological polar surface area (TPSA) is 29.5 Å². The summed E-state index contributed by atoms with van der Waals surface area (Å²) in [6.07, 6.45) is 0. The van der Waals surface area contributed by atoms with Gasteiger partial charge in [-0.1, -0.05) is 24.3 Å². The zero-order chi connectivity index (χ0) is 15.4. The van der Waals surface area contributed by atoms with Crippen LogP contribution in [0.5, 0.6) is 0 Å². The molecule has 0 heterocycles. The lowest BCUT2D eigenvalue weighted by molar-refractivity contribution is 0.0528. The average molecular weight is 285 g/mol. The molecule has 0 fully saturated rings. The first kappa shape index (κ1) is 15.4. The largest absolute Gasteiger partial charge is 0.462 e. The first-order valence-corrected chi connectivity index (χ1v) is 7.58. The van der Waals surface area contributed by atoms with Gasteiger partial charge in [0.2, 0.25) is 0 Å². The fourth-order valence-corrected chi connectivity index (χ4v) is 2.84. The highest BCUT2D eigenvalue weighted by Gasteiger charge is 2.17. The van der Waals surface area contributed by atoms with E-state index < -0.39 is 0 Å². The molecule has 2 aromatic rings. The number of benzene rings is 2. The third kappa shape index (κ3) is 2.87. The minimum absolute atomic E-state index is 0.247. The van der Waals surface area contributed by atoms with Crippen molar-refractivity contribution >= 4 is 22.4 Å². The van der Waals surface area contributed by atoms with Crippen LogP contribution in [-0.2, 0) is 4.74 Å². The Bertz CT molecular complexity index is 645. The predicted molar refractivity (Wildman–Crippen MR) is 88.2 cm³/mol. The van der Waals surface area contributed by atoms with Crippen molar-refractivity contribution in [2.24, 2.45) is 0 Å². The smallest absolute Gasteiger partial charge is 0.338 e. The molecule has 0 N–H and O–H groups in total. The molecule has 0 aliphatic carbocycles. The Hall–Kier alpha value is -2.03. The van der Waals surface area contributed by atoms with Gasteiger partial charge in [0.15, 0.2) is 0 Å². The molecule has 0 spiro atoms. The summed E-state index contributed by atoms with van der Waals surface area (Å²) in [4.78, 5) is 14.5. The second kappa shape index (κ2) is 6.61. The Morgan fingerprint density at radius 3 is 2.29 bits per heavy atom. The second-order valence-electron chi connectivity index (χ2n) is 5.03. The van der Waals surface area contributed by atoms with E-state index in [9.17, 15) is 4.79 Å². The number of anilines is 1. The van der Waals surface area contributed by atoms with Gasteiger partial charge in [0, 0.05) is 24.2 Å². The van der Waals surface area contributed by atoms with Crippen LogP contribution in [0.2, 0.25) is 0 Å². The third-order valence-electron chi connectivity index (χ3n) is 3.78. The number of aryl methyl sites for hydroxylation is 1. The normalized spacial score (nSPS) is 10.7. The van der Waals surface area contributed by atoms with Gasteiger partial charge in [0.25, 0.3) is 0 Å². The van der Waals surface area contributed by atoms with Crippen LogP contribution < -0.4 is 4.90 Å². The predicted octanol–water partition coefficient (Wildman–Crippen LogP) is 4.17. The van der Waals surface area contributed by atoms with Gasteiger partial charge in [0.1, 0.15) is 0 Å². The molecule has 0 atom stereocenters. The molecule has 0 bridgehead atoms. The monoisotopic (exact) mass is 285 g/mol. The summed E-state index contributed by atoms with van der Waals surface area (Å²) in [5.41, 5.74) is 2.98. The maximum Gasteiger partial charge on any atom is 0.338 e. The van der Waals surface area contributed by atoms with E-state index in [4.69, 9.17) is 4.74 Å². The maximum atomic E-state index is 12.2. The standard InChI is InChI=1S/C18H23NO2/c1-5-19(6-2)17-13(4)12-16(18(20)21-7-3)14-10-8-9-11-15(14)17/h8-12H,5-7H2,1-4H3. The Morgan fingerprint density at radius 1 is 1.10 bits per heavy atom. The molecule has 2 aromatic carbocycles. The molecular weight excluding hydrogens is 262 g/mol. The first-order chi connectivity index (χ1) is 10.1. The Kier molecular flexibility index (Phi) is 4.84. The summed E-state index contributed by atoms with van der Waals surface area (Å²) in [5.74, 6) is -0.247. The highest BCUT2D eigenvalue weighted by molar-refractivity contribution is 6.09. The number of fused-ring (bicyclic) bond motifs is 1. The van der Waals surface area contributed by atoms with Crippen molar-refractivity contribution in [2.75, 3.05) is 24.6 Å². The number of carbonyl (C=O) groups is 1. The molecule has 0 unspecified atom stereocenters. The molecule has 0 saturated carbocycles. The van der Waals surface area contributed by atoms with E-state index >= 15 is 0 Å². The Balaban J connectivity index is 2.72. The number of hydrogen-bond donors (Lipinski definition) is 0. The fourth-order valence-electron chi connectivity index (χ4n) is 2.84. The summed E-state index contributed by atoms with van der Waals surface area (Å²) >= 11 is 0. The molecule has 3 nitrogen and oxygen atoms in total. The SMILES string of the molecule is CCOC(=O)c1cc(C)c(N(CC)CC)c2ccccc12. The van der Waals surface area contributed by atoms with E-state index in [-0.39, 0.29) is 5.97 Å². The molecule has 0 radical (unpaired) electrons. The van der Waals surface area contributed by atoms with Gasteiger partial charge in [-0.05, 0) is 44.7 Å². The van der Waals surface area contributed by atoms with Crippen LogP contribution in [0.1, 0.15) is 36.7 Å². The quantitative estimate of drug-likeness (QED) is 0.772. The van der Waals surface area contributed by atoms with Crippen LogP contribution in [0.4, 0.5) is 5.69 Å². The van der Waals surface area contributed by atoms with Crippen LogP contribution >= 0.6 is 0 Å².